The Bertz CT molecular complexity index is 620. The lowest BCUT2D eigenvalue weighted by molar-refractivity contribution is 0.683. The third-order valence-corrected chi connectivity index (χ3v) is 4.75. The monoisotopic (exact) mass is 337 g/mol. The summed E-state index contributed by atoms with van der Waals surface area (Å²) in [6.45, 7) is 4.10. The molecule has 0 heterocycles. The minimum Gasteiger partial charge on any atom is -0.398 e. The van der Waals surface area contributed by atoms with Crippen molar-refractivity contribution in [2.75, 3.05) is 5.73 Å². The van der Waals surface area contributed by atoms with Gasteiger partial charge >= 0.3 is 0 Å². The van der Waals surface area contributed by atoms with E-state index in [-0.39, 0.29) is 0 Å². The first-order chi connectivity index (χ1) is 8.95. The Balaban J connectivity index is 2.25. The van der Waals surface area contributed by atoms with Gasteiger partial charge in [0.25, 0.3) is 0 Å². The predicted molar refractivity (Wildman–Crippen MR) is 84.6 cm³/mol. The first-order valence-corrected chi connectivity index (χ1v) is 8.07. The average molecular weight is 338 g/mol. The fourth-order valence-electron chi connectivity index (χ4n) is 2.11. The normalized spacial score (nSPS) is 12.4. The zero-order valence-electron chi connectivity index (χ0n) is 10.9. The molecule has 0 fully saturated rings. The van der Waals surface area contributed by atoms with Crippen molar-refractivity contribution in [1.82, 2.24) is 0 Å². The SMILES string of the molecule is Cc1cc(C)cc(CS(=O)c2ccc(Br)cc2N)c1. The van der Waals surface area contributed by atoms with Gasteiger partial charge in [0, 0.05) is 10.2 Å². The highest BCUT2D eigenvalue weighted by atomic mass is 79.9. The average Bonchev–Trinajstić information content (AvgIpc) is 2.26. The number of aryl methyl sites for hydroxylation is 2. The van der Waals surface area contributed by atoms with Crippen LogP contribution in [-0.2, 0) is 16.6 Å². The summed E-state index contributed by atoms with van der Waals surface area (Å²) in [5.74, 6) is 0.494. The van der Waals surface area contributed by atoms with Crippen molar-refractivity contribution in [3.8, 4) is 0 Å². The van der Waals surface area contributed by atoms with E-state index in [1.54, 1.807) is 6.07 Å². The van der Waals surface area contributed by atoms with E-state index in [2.05, 4.69) is 34.1 Å². The maximum atomic E-state index is 12.4. The molecule has 0 saturated carbocycles. The van der Waals surface area contributed by atoms with Gasteiger partial charge in [-0.05, 0) is 37.6 Å². The van der Waals surface area contributed by atoms with Crippen molar-refractivity contribution in [1.29, 1.82) is 0 Å². The second kappa shape index (κ2) is 5.88. The van der Waals surface area contributed by atoms with Crippen LogP contribution in [0.5, 0.6) is 0 Å². The van der Waals surface area contributed by atoms with Crippen LogP contribution in [-0.4, -0.2) is 4.21 Å². The van der Waals surface area contributed by atoms with Crippen molar-refractivity contribution in [2.45, 2.75) is 24.5 Å². The van der Waals surface area contributed by atoms with Crippen molar-refractivity contribution < 1.29 is 4.21 Å². The molecule has 0 aliphatic rings. The summed E-state index contributed by atoms with van der Waals surface area (Å²) in [5.41, 5.74) is 9.94. The molecule has 0 aromatic heterocycles. The lowest BCUT2D eigenvalue weighted by Gasteiger charge is -2.08. The number of hydrogen-bond acceptors (Lipinski definition) is 2. The van der Waals surface area contributed by atoms with Crippen LogP contribution in [0.1, 0.15) is 16.7 Å². The van der Waals surface area contributed by atoms with E-state index in [9.17, 15) is 4.21 Å². The topological polar surface area (TPSA) is 43.1 Å². The van der Waals surface area contributed by atoms with Crippen molar-refractivity contribution >= 4 is 32.4 Å². The Hall–Kier alpha value is -1.13. The number of benzene rings is 2. The molecule has 0 radical (unpaired) electrons. The minimum atomic E-state index is -1.12. The van der Waals surface area contributed by atoms with E-state index in [0.29, 0.717) is 16.3 Å². The van der Waals surface area contributed by atoms with Crippen LogP contribution < -0.4 is 5.73 Å². The van der Waals surface area contributed by atoms with Crippen LogP contribution >= 0.6 is 15.9 Å². The summed E-state index contributed by atoms with van der Waals surface area (Å²) >= 11 is 3.35. The standard InChI is InChI=1S/C15H16BrNOS/c1-10-5-11(2)7-12(6-10)9-19(18)15-4-3-13(16)8-14(15)17/h3-8H,9,17H2,1-2H3. The molecule has 2 N–H and O–H groups in total. The summed E-state index contributed by atoms with van der Waals surface area (Å²) < 4.78 is 13.3. The summed E-state index contributed by atoms with van der Waals surface area (Å²) in [4.78, 5) is 0.697. The van der Waals surface area contributed by atoms with Crippen LogP contribution in [0.25, 0.3) is 0 Å². The number of nitrogen functional groups attached to an aromatic ring is 1. The van der Waals surface area contributed by atoms with Gasteiger partial charge in [0.15, 0.2) is 0 Å². The molecule has 19 heavy (non-hydrogen) atoms. The number of hydrogen-bond donors (Lipinski definition) is 1. The van der Waals surface area contributed by atoms with Crippen molar-refractivity contribution in [2.24, 2.45) is 0 Å². The molecule has 0 amide bonds. The van der Waals surface area contributed by atoms with Crippen LogP contribution in [0.4, 0.5) is 5.69 Å². The van der Waals surface area contributed by atoms with Crippen LogP contribution in [0.2, 0.25) is 0 Å². The second-order valence-electron chi connectivity index (χ2n) is 4.67. The molecule has 4 heteroatoms. The summed E-state index contributed by atoms with van der Waals surface area (Å²) in [5, 5.41) is 0. The Morgan fingerprint density at radius 1 is 1.11 bits per heavy atom. The van der Waals surface area contributed by atoms with Crippen LogP contribution in [0.15, 0.2) is 45.8 Å². The lowest BCUT2D eigenvalue weighted by Crippen LogP contribution is -2.01. The molecular weight excluding hydrogens is 322 g/mol. The van der Waals surface area contributed by atoms with Gasteiger partial charge in [-0.25, -0.2) is 0 Å². The second-order valence-corrected chi connectivity index (χ2v) is 7.00. The minimum absolute atomic E-state index is 0.494. The number of anilines is 1. The first kappa shape index (κ1) is 14.3. The van der Waals surface area contributed by atoms with Crippen LogP contribution in [0, 0.1) is 13.8 Å². The smallest absolute Gasteiger partial charge is 0.0621 e. The van der Waals surface area contributed by atoms with E-state index in [1.165, 1.54) is 11.1 Å². The molecule has 2 aromatic carbocycles. The van der Waals surface area contributed by atoms with E-state index in [1.807, 2.05) is 26.0 Å². The van der Waals surface area contributed by atoms with E-state index in [0.717, 1.165) is 10.0 Å². The third kappa shape index (κ3) is 3.67. The highest BCUT2D eigenvalue weighted by Gasteiger charge is 2.09. The van der Waals surface area contributed by atoms with Gasteiger partial charge in [-0.15, -0.1) is 0 Å². The fourth-order valence-corrected chi connectivity index (χ4v) is 3.65. The fraction of sp³-hybridized carbons (Fsp3) is 0.200. The zero-order valence-corrected chi connectivity index (χ0v) is 13.3. The van der Waals surface area contributed by atoms with E-state index in [4.69, 9.17) is 5.73 Å². The number of nitrogens with two attached hydrogens (primary N) is 1. The van der Waals surface area contributed by atoms with E-state index < -0.39 is 10.8 Å². The maximum Gasteiger partial charge on any atom is 0.0621 e. The summed E-state index contributed by atoms with van der Waals surface area (Å²) in [6.07, 6.45) is 0. The highest BCUT2D eigenvalue weighted by Crippen LogP contribution is 2.23. The summed E-state index contributed by atoms with van der Waals surface area (Å²) in [6, 6.07) is 11.7. The molecular formula is C15H16BrNOS. The third-order valence-electron chi connectivity index (χ3n) is 2.80. The largest absolute Gasteiger partial charge is 0.398 e. The molecule has 100 valence electrons. The molecule has 2 aromatic rings. The van der Waals surface area contributed by atoms with Gasteiger partial charge in [-0.2, -0.15) is 0 Å². The molecule has 2 rings (SSSR count). The summed E-state index contributed by atoms with van der Waals surface area (Å²) in [7, 11) is -1.12. The van der Waals surface area contributed by atoms with E-state index >= 15 is 0 Å². The maximum absolute atomic E-state index is 12.4. The predicted octanol–water partition coefficient (Wildman–Crippen LogP) is 3.96. The molecule has 0 spiro atoms. The lowest BCUT2D eigenvalue weighted by atomic mass is 10.1. The van der Waals surface area contributed by atoms with Crippen molar-refractivity contribution in [3.05, 3.63) is 57.6 Å². The number of halogens is 1. The Labute approximate surface area is 124 Å². The Morgan fingerprint density at radius 3 is 2.32 bits per heavy atom. The quantitative estimate of drug-likeness (QED) is 0.861. The zero-order chi connectivity index (χ0) is 14.0. The Kier molecular flexibility index (Phi) is 4.42. The molecule has 0 saturated heterocycles. The molecule has 0 aliphatic heterocycles. The van der Waals surface area contributed by atoms with Gasteiger partial charge in [0.05, 0.1) is 21.4 Å². The molecule has 1 unspecified atom stereocenters. The van der Waals surface area contributed by atoms with Crippen molar-refractivity contribution in [3.63, 3.8) is 0 Å². The van der Waals surface area contributed by atoms with Gasteiger partial charge in [0.1, 0.15) is 0 Å². The number of rotatable bonds is 3. The molecule has 2 nitrogen and oxygen atoms in total. The van der Waals surface area contributed by atoms with Crippen LogP contribution in [0.3, 0.4) is 0 Å². The molecule has 0 bridgehead atoms. The first-order valence-electron chi connectivity index (χ1n) is 5.96. The van der Waals surface area contributed by atoms with Gasteiger partial charge in [-0.3, -0.25) is 4.21 Å². The highest BCUT2D eigenvalue weighted by molar-refractivity contribution is 9.10. The van der Waals surface area contributed by atoms with Gasteiger partial charge in [-0.1, -0.05) is 45.3 Å². The Morgan fingerprint density at radius 2 is 1.74 bits per heavy atom. The molecule has 0 aliphatic carbocycles. The molecule has 1 atom stereocenters. The van der Waals surface area contributed by atoms with Gasteiger partial charge < -0.3 is 5.73 Å². The van der Waals surface area contributed by atoms with Gasteiger partial charge in [0.2, 0.25) is 0 Å².